The van der Waals surface area contributed by atoms with Gasteiger partial charge in [0, 0.05) is 0 Å². The highest BCUT2D eigenvalue weighted by molar-refractivity contribution is 7.85. The molecule has 0 aliphatic heterocycles. The van der Waals surface area contributed by atoms with Crippen LogP contribution in [0.1, 0.15) is 0 Å². The van der Waals surface area contributed by atoms with Crippen molar-refractivity contribution in [3.63, 3.8) is 0 Å². The molecule has 0 spiro atoms. The van der Waals surface area contributed by atoms with Gasteiger partial charge < -0.3 is 0 Å². The average Bonchev–Trinajstić information content (AvgIpc) is 1.41. The van der Waals surface area contributed by atoms with Crippen LogP contribution in [0.2, 0.25) is 0 Å². The monoisotopic (exact) mass is 292 g/mol. The van der Waals surface area contributed by atoms with Crippen LogP contribution in [-0.2, 0) is 30.9 Å². The first-order valence-corrected chi connectivity index (χ1v) is 6.96. The van der Waals surface area contributed by atoms with Crippen molar-refractivity contribution < 1.29 is 48.0 Å². The Kier molecular flexibility index (Phi) is 9.40. The molecule has 0 aromatic carbocycles. The molecule has 0 aromatic heterocycles. The second-order valence-electron chi connectivity index (χ2n) is 1.63. The van der Waals surface area contributed by atoms with Gasteiger partial charge in [0.2, 0.25) is 0 Å². The Hall–Kier alpha value is -0.350. The summed E-state index contributed by atoms with van der Waals surface area (Å²) in [6.07, 6.45) is 0.715. The van der Waals surface area contributed by atoms with Crippen molar-refractivity contribution in [2.75, 3.05) is 6.26 Å². The van der Waals surface area contributed by atoms with Crippen LogP contribution in [0, 0.1) is 0 Å². The van der Waals surface area contributed by atoms with Gasteiger partial charge in [0.1, 0.15) is 0 Å². The number of rotatable bonds is 0. The molecule has 14 heteroatoms. The molecule has 0 fully saturated rings. The zero-order valence-corrected chi connectivity index (χ0v) is 9.36. The van der Waals surface area contributed by atoms with Gasteiger partial charge in [0.25, 0.3) is 10.1 Å². The SMILES string of the molecule is CS(=O)(=O)O.O=S(=O)(O)O.O=S(=O)(O)O. The molecule has 96 valence electrons. The van der Waals surface area contributed by atoms with E-state index in [1.165, 1.54) is 0 Å². The van der Waals surface area contributed by atoms with Crippen LogP contribution in [0.3, 0.4) is 0 Å². The van der Waals surface area contributed by atoms with Gasteiger partial charge in [-0.15, -0.1) is 0 Å². The lowest BCUT2D eigenvalue weighted by molar-refractivity contribution is 0.378. The zero-order valence-electron chi connectivity index (χ0n) is 6.91. The van der Waals surface area contributed by atoms with Gasteiger partial charge in [0.05, 0.1) is 6.26 Å². The second-order valence-corrected chi connectivity index (χ2v) is 4.89. The molecule has 0 aliphatic carbocycles. The molecular formula is CH8O11S3. The third kappa shape index (κ3) is 15100. The molecule has 5 N–H and O–H groups in total. The van der Waals surface area contributed by atoms with Crippen molar-refractivity contribution in [2.45, 2.75) is 0 Å². The highest BCUT2D eigenvalue weighted by Gasteiger charge is 1.85. The smallest absolute Gasteiger partial charge is 0.286 e. The van der Waals surface area contributed by atoms with Crippen LogP contribution < -0.4 is 0 Å². The van der Waals surface area contributed by atoms with Crippen molar-refractivity contribution in [3.05, 3.63) is 0 Å². The minimum atomic E-state index is -4.67. The third-order valence-electron chi connectivity index (χ3n) is 0. The molecule has 0 radical (unpaired) electrons. The molecule has 0 amide bonds. The molecule has 0 aromatic rings. The summed E-state index contributed by atoms with van der Waals surface area (Å²) >= 11 is 0. The maximum Gasteiger partial charge on any atom is 0.394 e. The van der Waals surface area contributed by atoms with E-state index in [0.29, 0.717) is 6.26 Å². The summed E-state index contributed by atoms with van der Waals surface area (Å²) in [6.45, 7) is 0. The van der Waals surface area contributed by atoms with Crippen LogP contribution in [0.4, 0.5) is 0 Å². The molecule has 0 aliphatic rings. The van der Waals surface area contributed by atoms with Crippen molar-refractivity contribution >= 4 is 30.9 Å². The predicted octanol–water partition coefficient (Wildman–Crippen LogP) is -1.80. The first-order valence-electron chi connectivity index (χ1n) is 2.32. The van der Waals surface area contributed by atoms with E-state index in [0.717, 1.165) is 0 Å². The summed E-state index contributed by atoms with van der Waals surface area (Å²) in [5.74, 6) is 0. The minimum Gasteiger partial charge on any atom is -0.286 e. The summed E-state index contributed by atoms with van der Waals surface area (Å²) in [7, 11) is -13.0. The Morgan fingerprint density at radius 3 is 0.600 bits per heavy atom. The van der Waals surface area contributed by atoms with E-state index in [4.69, 9.17) is 39.6 Å². The Morgan fingerprint density at radius 2 is 0.600 bits per heavy atom. The summed E-state index contributed by atoms with van der Waals surface area (Å²) in [6, 6.07) is 0. The summed E-state index contributed by atoms with van der Waals surface area (Å²) in [5.41, 5.74) is 0. The third-order valence-corrected chi connectivity index (χ3v) is 0. The molecule has 0 bridgehead atoms. The molecule has 0 saturated carbocycles. The average molecular weight is 292 g/mol. The largest absolute Gasteiger partial charge is 0.394 e. The fourth-order valence-electron chi connectivity index (χ4n) is 0. The molecular weight excluding hydrogens is 284 g/mol. The van der Waals surface area contributed by atoms with Crippen LogP contribution >= 0.6 is 0 Å². The quantitative estimate of drug-likeness (QED) is 0.315. The van der Waals surface area contributed by atoms with E-state index in [-0.39, 0.29) is 0 Å². The van der Waals surface area contributed by atoms with Crippen molar-refractivity contribution in [3.8, 4) is 0 Å². The van der Waals surface area contributed by atoms with E-state index in [9.17, 15) is 8.42 Å². The van der Waals surface area contributed by atoms with Crippen LogP contribution in [0.5, 0.6) is 0 Å². The van der Waals surface area contributed by atoms with E-state index in [1.54, 1.807) is 0 Å². The highest BCUT2D eigenvalue weighted by atomic mass is 32.3. The predicted molar refractivity (Wildman–Crippen MR) is 45.8 cm³/mol. The van der Waals surface area contributed by atoms with Gasteiger partial charge in [0.15, 0.2) is 0 Å². The molecule has 0 heterocycles. The molecule has 0 saturated heterocycles. The van der Waals surface area contributed by atoms with Crippen LogP contribution in [0.15, 0.2) is 0 Å². The van der Waals surface area contributed by atoms with Crippen LogP contribution in [0.25, 0.3) is 0 Å². The fourth-order valence-corrected chi connectivity index (χ4v) is 0. The fraction of sp³-hybridized carbons (Fsp3) is 1.00. The zero-order chi connectivity index (χ0) is 13.5. The molecule has 0 atom stereocenters. The van der Waals surface area contributed by atoms with Gasteiger partial charge in [-0.1, -0.05) is 0 Å². The standard InChI is InChI=1S/CH4O3S.2H2O4S/c3*1-5(2,3)4/h1H3,(H,2,3,4);2*(H2,1,2,3,4). The van der Waals surface area contributed by atoms with Gasteiger partial charge in [-0.3, -0.25) is 22.8 Å². The van der Waals surface area contributed by atoms with Crippen LogP contribution in [-0.4, -0.2) is 54.3 Å². The minimum absolute atomic E-state index is 0.715. The van der Waals surface area contributed by atoms with Crippen molar-refractivity contribution in [2.24, 2.45) is 0 Å². The molecule has 11 nitrogen and oxygen atoms in total. The van der Waals surface area contributed by atoms with Gasteiger partial charge in [-0.05, 0) is 0 Å². The maximum atomic E-state index is 9.19. The summed E-state index contributed by atoms with van der Waals surface area (Å²) in [4.78, 5) is 0. The van der Waals surface area contributed by atoms with E-state index in [1.807, 2.05) is 0 Å². The molecule has 0 rings (SSSR count). The van der Waals surface area contributed by atoms with E-state index < -0.39 is 30.9 Å². The summed E-state index contributed by atoms with van der Waals surface area (Å²) < 4.78 is 89.0. The summed E-state index contributed by atoms with van der Waals surface area (Å²) in [5, 5.41) is 0. The van der Waals surface area contributed by atoms with E-state index >= 15 is 0 Å². The maximum absolute atomic E-state index is 9.19. The first-order chi connectivity index (χ1) is 6.00. The van der Waals surface area contributed by atoms with Crippen molar-refractivity contribution in [1.82, 2.24) is 0 Å². The highest BCUT2D eigenvalue weighted by Crippen LogP contribution is 1.60. The lowest BCUT2D eigenvalue weighted by Gasteiger charge is -1.69. The van der Waals surface area contributed by atoms with Gasteiger partial charge >= 0.3 is 20.8 Å². The normalized spacial score (nSPS) is 11.6. The number of hydrogen-bond donors (Lipinski definition) is 5. The van der Waals surface area contributed by atoms with E-state index in [2.05, 4.69) is 0 Å². The van der Waals surface area contributed by atoms with Gasteiger partial charge in [-0.2, -0.15) is 25.3 Å². The topological polar surface area (TPSA) is 204 Å². The Morgan fingerprint density at radius 1 is 0.600 bits per heavy atom. The lowest BCUT2D eigenvalue weighted by Crippen LogP contribution is -1.89. The Bertz CT molecular complexity index is 337. The lowest BCUT2D eigenvalue weighted by atomic mass is 12.0. The first kappa shape index (κ1) is 20.1. The van der Waals surface area contributed by atoms with Gasteiger partial charge in [-0.25, -0.2) is 0 Å². The number of hydrogen-bond acceptors (Lipinski definition) is 6. The molecule has 0 unspecified atom stereocenters. The Balaban J connectivity index is -0.000000144. The molecule has 15 heavy (non-hydrogen) atoms. The van der Waals surface area contributed by atoms with Crippen molar-refractivity contribution in [1.29, 1.82) is 0 Å². The second kappa shape index (κ2) is 7.01. The Labute approximate surface area is 85.6 Å².